The minimum Gasteiger partial charge on any atom is -0.424 e. The predicted octanol–water partition coefficient (Wildman–Crippen LogP) is 2.53. The molecule has 2 aromatic rings. The van der Waals surface area contributed by atoms with E-state index in [1.54, 1.807) is 0 Å². The summed E-state index contributed by atoms with van der Waals surface area (Å²) in [6.45, 7) is 4.98. The first-order valence-electron chi connectivity index (χ1n) is 6.39. The zero-order chi connectivity index (χ0) is 12.8. The van der Waals surface area contributed by atoms with E-state index in [4.69, 9.17) is 4.42 Å². The number of hydrogen-bond acceptors (Lipinski definition) is 4. The lowest BCUT2D eigenvalue weighted by Crippen LogP contribution is -2.17. The molecule has 96 valence electrons. The Morgan fingerprint density at radius 2 is 1.94 bits per heavy atom. The van der Waals surface area contributed by atoms with E-state index in [9.17, 15) is 0 Å². The fourth-order valence-electron chi connectivity index (χ4n) is 1.83. The van der Waals surface area contributed by atoms with Crippen molar-refractivity contribution in [3.63, 3.8) is 0 Å². The van der Waals surface area contributed by atoms with Gasteiger partial charge in [-0.25, -0.2) is 0 Å². The second-order valence-electron chi connectivity index (χ2n) is 4.30. The van der Waals surface area contributed by atoms with Crippen molar-refractivity contribution in [2.75, 3.05) is 6.54 Å². The van der Waals surface area contributed by atoms with E-state index in [-0.39, 0.29) is 6.04 Å². The maximum atomic E-state index is 5.63. The first-order chi connectivity index (χ1) is 8.79. The molecule has 1 unspecified atom stereocenters. The van der Waals surface area contributed by atoms with Gasteiger partial charge in [-0.2, -0.15) is 0 Å². The zero-order valence-electron chi connectivity index (χ0n) is 10.9. The summed E-state index contributed by atoms with van der Waals surface area (Å²) in [6.07, 6.45) is 1.72. The Labute approximate surface area is 107 Å². The van der Waals surface area contributed by atoms with Crippen molar-refractivity contribution in [1.29, 1.82) is 0 Å². The topological polar surface area (TPSA) is 51.0 Å². The van der Waals surface area contributed by atoms with Crippen LogP contribution in [0.1, 0.15) is 37.2 Å². The average Bonchev–Trinajstić information content (AvgIpc) is 2.87. The van der Waals surface area contributed by atoms with Crippen molar-refractivity contribution >= 4 is 0 Å². The second kappa shape index (κ2) is 6.31. The minimum absolute atomic E-state index is 0.118. The first kappa shape index (κ1) is 12.8. The molecule has 1 aromatic heterocycles. The van der Waals surface area contributed by atoms with Crippen LogP contribution in [0.5, 0.6) is 0 Å². The highest BCUT2D eigenvalue weighted by Gasteiger charge is 2.12. The molecule has 1 atom stereocenters. The van der Waals surface area contributed by atoms with E-state index in [1.165, 1.54) is 5.56 Å². The van der Waals surface area contributed by atoms with Gasteiger partial charge in [-0.1, -0.05) is 37.3 Å². The number of aryl methyl sites for hydroxylation is 2. The van der Waals surface area contributed by atoms with E-state index in [0.717, 1.165) is 19.4 Å². The van der Waals surface area contributed by atoms with Crippen molar-refractivity contribution in [3.8, 4) is 0 Å². The molecule has 1 N–H and O–H groups in total. The molecule has 0 bridgehead atoms. The third kappa shape index (κ3) is 3.40. The van der Waals surface area contributed by atoms with E-state index in [0.29, 0.717) is 11.8 Å². The zero-order valence-corrected chi connectivity index (χ0v) is 10.9. The molecule has 2 rings (SSSR count). The van der Waals surface area contributed by atoms with Crippen LogP contribution in [0.25, 0.3) is 0 Å². The van der Waals surface area contributed by atoms with Crippen molar-refractivity contribution in [3.05, 3.63) is 47.7 Å². The van der Waals surface area contributed by atoms with Crippen LogP contribution in [0.2, 0.25) is 0 Å². The summed E-state index contributed by atoms with van der Waals surface area (Å²) >= 11 is 0. The maximum absolute atomic E-state index is 5.63. The maximum Gasteiger partial charge on any atom is 0.233 e. The SMILES string of the molecule is CCNC(C)c1nnc(CCc2ccccc2)o1. The van der Waals surface area contributed by atoms with Gasteiger partial charge in [0.05, 0.1) is 6.04 Å². The molecule has 18 heavy (non-hydrogen) atoms. The summed E-state index contributed by atoms with van der Waals surface area (Å²) < 4.78 is 5.63. The van der Waals surface area contributed by atoms with Gasteiger partial charge in [0.2, 0.25) is 11.8 Å². The molecule has 0 saturated heterocycles. The minimum atomic E-state index is 0.118. The molecule has 4 heteroatoms. The van der Waals surface area contributed by atoms with Gasteiger partial charge in [0.25, 0.3) is 0 Å². The Hall–Kier alpha value is -1.68. The molecular weight excluding hydrogens is 226 g/mol. The second-order valence-corrected chi connectivity index (χ2v) is 4.30. The molecule has 1 heterocycles. The lowest BCUT2D eigenvalue weighted by Gasteiger charge is -2.05. The molecule has 0 fully saturated rings. The molecule has 0 aliphatic carbocycles. The standard InChI is InChI=1S/C14H19N3O/c1-3-15-11(2)14-17-16-13(18-14)10-9-12-7-5-4-6-8-12/h4-8,11,15H,3,9-10H2,1-2H3. The Morgan fingerprint density at radius 1 is 1.17 bits per heavy atom. The third-order valence-electron chi connectivity index (χ3n) is 2.83. The van der Waals surface area contributed by atoms with Crippen LogP contribution in [0.15, 0.2) is 34.7 Å². The van der Waals surface area contributed by atoms with Crippen LogP contribution in [-0.2, 0) is 12.8 Å². The quantitative estimate of drug-likeness (QED) is 0.849. The van der Waals surface area contributed by atoms with Crippen LogP contribution in [0, 0.1) is 0 Å². The van der Waals surface area contributed by atoms with Crippen molar-refractivity contribution in [2.45, 2.75) is 32.7 Å². The molecule has 4 nitrogen and oxygen atoms in total. The molecule has 0 radical (unpaired) electrons. The monoisotopic (exact) mass is 245 g/mol. The van der Waals surface area contributed by atoms with E-state index in [2.05, 4.69) is 34.6 Å². The van der Waals surface area contributed by atoms with E-state index in [1.807, 2.05) is 25.1 Å². The van der Waals surface area contributed by atoms with Gasteiger partial charge in [-0.3, -0.25) is 0 Å². The number of hydrogen-bond donors (Lipinski definition) is 1. The fraction of sp³-hybridized carbons (Fsp3) is 0.429. The highest BCUT2D eigenvalue weighted by molar-refractivity contribution is 5.15. The molecule has 1 aromatic carbocycles. The molecule has 0 aliphatic rings. The summed E-state index contributed by atoms with van der Waals surface area (Å²) in [4.78, 5) is 0. The van der Waals surface area contributed by atoms with Gasteiger partial charge in [0.15, 0.2) is 0 Å². The summed E-state index contributed by atoms with van der Waals surface area (Å²) in [5.74, 6) is 1.37. The van der Waals surface area contributed by atoms with Crippen LogP contribution < -0.4 is 5.32 Å². The average molecular weight is 245 g/mol. The number of benzene rings is 1. The Kier molecular flexibility index (Phi) is 4.47. The van der Waals surface area contributed by atoms with Crippen molar-refractivity contribution < 1.29 is 4.42 Å². The number of aromatic nitrogens is 2. The summed E-state index contributed by atoms with van der Waals surface area (Å²) in [5.41, 5.74) is 1.29. The molecule has 0 saturated carbocycles. The predicted molar refractivity (Wildman–Crippen MR) is 70.2 cm³/mol. The van der Waals surface area contributed by atoms with Gasteiger partial charge in [-0.15, -0.1) is 10.2 Å². The fourth-order valence-corrected chi connectivity index (χ4v) is 1.83. The number of nitrogens with one attached hydrogen (secondary N) is 1. The van der Waals surface area contributed by atoms with E-state index < -0.39 is 0 Å². The lowest BCUT2D eigenvalue weighted by atomic mass is 10.1. The normalized spacial score (nSPS) is 12.6. The van der Waals surface area contributed by atoms with Crippen molar-refractivity contribution in [1.82, 2.24) is 15.5 Å². The smallest absolute Gasteiger partial charge is 0.233 e. The van der Waals surface area contributed by atoms with Crippen molar-refractivity contribution in [2.24, 2.45) is 0 Å². The van der Waals surface area contributed by atoms with E-state index >= 15 is 0 Å². The van der Waals surface area contributed by atoms with Gasteiger partial charge < -0.3 is 9.73 Å². The summed E-state index contributed by atoms with van der Waals surface area (Å²) in [5, 5.41) is 11.4. The van der Waals surface area contributed by atoms with Gasteiger partial charge in [0.1, 0.15) is 0 Å². The molecule has 0 aliphatic heterocycles. The van der Waals surface area contributed by atoms with Gasteiger partial charge >= 0.3 is 0 Å². The van der Waals surface area contributed by atoms with Crippen LogP contribution in [0.3, 0.4) is 0 Å². The summed E-state index contributed by atoms with van der Waals surface area (Å²) in [6, 6.07) is 10.4. The number of nitrogens with zero attached hydrogens (tertiary/aromatic N) is 2. The Bertz CT molecular complexity index is 467. The van der Waals surface area contributed by atoms with Crippen LogP contribution >= 0.6 is 0 Å². The van der Waals surface area contributed by atoms with Gasteiger partial charge in [-0.05, 0) is 25.5 Å². The van der Waals surface area contributed by atoms with Crippen LogP contribution in [0.4, 0.5) is 0 Å². The summed E-state index contributed by atoms with van der Waals surface area (Å²) in [7, 11) is 0. The largest absolute Gasteiger partial charge is 0.424 e. The van der Waals surface area contributed by atoms with Crippen LogP contribution in [-0.4, -0.2) is 16.7 Å². The highest BCUT2D eigenvalue weighted by atomic mass is 16.4. The first-order valence-corrected chi connectivity index (χ1v) is 6.39. The highest BCUT2D eigenvalue weighted by Crippen LogP contribution is 2.12. The van der Waals surface area contributed by atoms with Gasteiger partial charge in [0, 0.05) is 6.42 Å². The Balaban J connectivity index is 1.91. The third-order valence-corrected chi connectivity index (χ3v) is 2.83. The molecular formula is C14H19N3O. The lowest BCUT2D eigenvalue weighted by molar-refractivity contribution is 0.396. The molecule has 0 amide bonds. The Morgan fingerprint density at radius 3 is 2.67 bits per heavy atom. The number of rotatable bonds is 6. The molecule has 0 spiro atoms.